The number of nitrogens with zero attached hydrogens (tertiary/aromatic N) is 2. The lowest BCUT2D eigenvalue weighted by Crippen LogP contribution is -2.22. The first kappa shape index (κ1) is 19.0. The van der Waals surface area contributed by atoms with Gasteiger partial charge >= 0.3 is 5.97 Å². The average Bonchev–Trinajstić information content (AvgIpc) is 2.73. The molecule has 0 spiro atoms. The standard InChI is InChI=1S/C21H18N2O5/c1-4-28-21(25)19-15-7-5-6-10-23(15)20(24)14(12-22)18(19)13-8-9-16(26-2)17(11-13)27-3/h5-11H,4H2,1-3H3. The summed E-state index contributed by atoms with van der Waals surface area (Å²) in [7, 11) is 2.99. The summed E-state index contributed by atoms with van der Waals surface area (Å²) in [6, 6.07) is 11.9. The van der Waals surface area contributed by atoms with E-state index in [0.29, 0.717) is 22.6 Å². The number of ether oxygens (including phenoxy) is 3. The van der Waals surface area contributed by atoms with Gasteiger partial charge in [-0.05, 0) is 36.8 Å². The predicted molar refractivity (Wildman–Crippen MR) is 103 cm³/mol. The number of esters is 1. The van der Waals surface area contributed by atoms with E-state index in [0.717, 1.165) is 0 Å². The molecule has 0 unspecified atom stereocenters. The van der Waals surface area contributed by atoms with Crippen LogP contribution in [0.4, 0.5) is 0 Å². The molecule has 0 saturated carbocycles. The number of nitriles is 1. The van der Waals surface area contributed by atoms with Crippen LogP contribution in [0.2, 0.25) is 0 Å². The van der Waals surface area contributed by atoms with Gasteiger partial charge in [0, 0.05) is 11.8 Å². The monoisotopic (exact) mass is 378 g/mol. The SMILES string of the molecule is CCOC(=O)c1c(-c2ccc(OC)c(OC)c2)c(C#N)c(=O)n2ccccc12. The van der Waals surface area contributed by atoms with Crippen LogP contribution in [0, 0.1) is 11.3 Å². The van der Waals surface area contributed by atoms with E-state index in [2.05, 4.69) is 0 Å². The Morgan fingerprint density at radius 2 is 1.89 bits per heavy atom. The Morgan fingerprint density at radius 1 is 1.14 bits per heavy atom. The van der Waals surface area contributed by atoms with Crippen LogP contribution < -0.4 is 15.0 Å². The van der Waals surface area contributed by atoms with Gasteiger partial charge in [-0.3, -0.25) is 9.20 Å². The first-order valence-electron chi connectivity index (χ1n) is 8.54. The molecule has 142 valence electrons. The number of aromatic nitrogens is 1. The van der Waals surface area contributed by atoms with E-state index in [-0.39, 0.29) is 23.3 Å². The van der Waals surface area contributed by atoms with Gasteiger partial charge in [0.25, 0.3) is 5.56 Å². The molecule has 0 aliphatic heterocycles. The van der Waals surface area contributed by atoms with Crippen molar-refractivity contribution in [2.24, 2.45) is 0 Å². The van der Waals surface area contributed by atoms with Crippen LogP contribution in [-0.2, 0) is 4.74 Å². The summed E-state index contributed by atoms with van der Waals surface area (Å²) in [4.78, 5) is 25.7. The molecule has 28 heavy (non-hydrogen) atoms. The Balaban J connectivity index is 2.48. The van der Waals surface area contributed by atoms with Gasteiger partial charge in [0.05, 0.1) is 31.9 Å². The Morgan fingerprint density at radius 3 is 2.54 bits per heavy atom. The van der Waals surface area contributed by atoms with Crippen LogP contribution in [0.25, 0.3) is 16.6 Å². The molecule has 0 fully saturated rings. The van der Waals surface area contributed by atoms with E-state index in [1.165, 1.54) is 24.8 Å². The summed E-state index contributed by atoms with van der Waals surface area (Å²) < 4.78 is 17.1. The van der Waals surface area contributed by atoms with Crippen LogP contribution >= 0.6 is 0 Å². The molecule has 1 aromatic carbocycles. The van der Waals surface area contributed by atoms with Crippen molar-refractivity contribution >= 4 is 11.5 Å². The van der Waals surface area contributed by atoms with Gasteiger partial charge in [-0.15, -0.1) is 0 Å². The number of fused-ring (bicyclic) bond motifs is 1. The van der Waals surface area contributed by atoms with Crippen molar-refractivity contribution in [2.75, 3.05) is 20.8 Å². The van der Waals surface area contributed by atoms with Crippen LogP contribution in [0.3, 0.4) is 0 Å². The van der Waals surface area contributed by atoms with Gasteiger partial charge in [0.1, 0.15) is 11.6 Å². The van der Waals surface area contributed by atoms with E-state index in [1.807, 2.05) is 6.07 Å². The van der Waals surface area contributed by atoms with Crippen molar-refractivity contribution in [1.82, 2.24) is 4.40 Å². The second kappa shape index (κ2) is 7.84. The molecule has 0 N–H and O–H groups in total. The molecule has 0 saturated heterocycles. The van der Waals surface area contributed by atoms with Crippen molar-refractivity contribution in [3.05, 3.63) is 64.1 Å². The average molecular weight is 378 g/mol. The maximum absolute atomic E-state index is 12.9. The highest BCUT2D eigenvalue weighted by Gasteiger charge is 2.25. The molecule has 2 aromatic heterocycles. The first-order chi connectivity index (χ1) is 13.6. The zero-order valence-corrected chi connectivity index (χ0v) is 15.7. The minimum atomic E-state index is -0.618. The highest BCUT2D eigenvalue weighted by atomic mass is 16.5. The molecule has 0 aliphatic rings. The highest BCUT2D eigenvalue weighted by molar-refractivity contribution is 6.05. The Kier molecular flexibility index (Phi) is 5.32. The molecular formula is C21H18N2O5. The second-order valence-corrected chi connectivity index (χ2v) is 5.79. The third-order valence-corrected chi connectivity index (χ3v) is 4.31. The summed E-state index contributed by atoms with van der Waals surface area (Å²) in [5.74, 6) is 0.277. The van der Waals surface area contributed by atoms with E-state index in [1.54, 1.807) is 43.3 Å². The molecule has 3 rings (SSSR count). The van der Waals surface area contributed by atoms with E-state index in [4.69, 9.17) is 14.2 Å². The highest BCUT2D eigenvalue weighted by Crippen LogP contribution is 2.36. The predicted octanol–water partition coefficient (Wildman–Crippen LogP) is 3.03. The van der Waals surface area contributed by atoms with Gasteiger partial charge in [0.2, 0.25) is 0 Å². The van der Waals surface area contributed by atoms with Gasteiger partial charge in [-0.25, -0.2) is 4.79 Å². The van der Waals surface area contributed by atoms with Crippen molar-refractivity contribution in [3.8, 4) is 28.7 Å². The third kappa shape index (κ3) is 3.05. The summed E-state index contributed by atoms with van der Waals surface area (Å²) in [6.07, 6.45) is 1.51. The lowest BCUT2D eigenvalue weighted by Gasteiger charge is -2.16. The van der Waals surface area contributed by atoms with E-state index in [9.17, 15) is 14.9 Å². The van der Waals surface area contributed by atoms with E-state index >= 15 is 0 Å². The molecule has 0 atom stereocenters. The fraction of sp³-hybridized carbons (Fsp3) is 0.190. The molecule has 2 heterocycles. The normalized spacial score (nSPS) is 10.4. The lowest BCUT2D eigenvalue weighted by atomic mass is 9.94. The molecular weight excluding hydrogens is 360 g/mol. The first-order valence-corrected chi connectivity index (χ1v) is 8.54. The van der Waals surface area contributed by atoms with Gasteiger partial charge in [-0.1, -0.05) is 12.1 Å². The summed E-state index contributed by atoms with van der Waals surface area (Å²) in [6.45, 7) is 1.85. The summed E-state index contributed by atoms with van der Waals surface area (Å²) >= 11 is 0. The Bertz CT molecular complexity index is 1160. The fourth-order valence-corrected chi connectivity index (χ4v) is 3.10. The lowest BCUT2D eigenvalue weighted by molar-refractivity contribution is 0.0529. The van der Waals surface area contributed by atoms with Crippen LogP contribution in [0.15, 0.2) is 47.4 Å². The maximum atomic E-state index is 12.9. The van der Waals surface area contributed by atoms with Crippen LogP contribution in [0.1, 0.15) is 22.8 Å². The second-order valence-electron chi connectivity index (χ2n) is 5.79. The van der Waals surface area contributed by atoms with Crippen molar-refractivity contribution in [2.45, 2.75) is 6.92 Å². The zero-order chi connectivity index (χ0) is 20.3. The number of carbonyl (C=O) groups excluding carboxylic acids is 1. The number of rotatable bonds is 5. The Hall–Kier alpha value is -3.79. The van der Waals surface area contributed by atoms with Gasteiger partial charge in [0.15, 0.2) is 11.5 Å². The smallest absolute Gasteiger partial charge is 0.340 e. The van der Waals surface area contributed by atoms with Crippen molar-refractivity contribution in [3.63, 3.8) is 0 Å². The number of methoxy groups -OCH3 is 2. The van der Waals surface area contributed by atoms with Gasteiger partial charge in [-0.2, -0.15) is 5.26 Å². The van der Waals surface area contributed by atoms with Gasteiger partial charge < -0.3 is 14.2 Å². The molecule has 0 radical (unpaired) electrons. The molecule has 0 amide bonds. The molecule has 0 bridgehead atoms. The number of hydrogen-bond acceptors (Lipinski definition) is 6. The minimum absolute atomic E-state index is 0.144. The largest absolute Gasteiger partial charge is 0.493 e. The molecule has 3 aromatic rings. The Labute approximate surface area is 161 Å². The number of carbonyl (C=O) groups is 1. The summed E-state index contributed by atoms with van der Waals surface area (Å²) in [5.41, 5.74) is 0.509. The van der Waals surface area contributed by atoms with Crippen molar-refractivity contribution in [1.29, 1.82) is 5.26 Å². The maximum Gasteiger partial charge on any atom is 0.340 e. The van der Waals surface area contributed by atoms with Crippen LogP contribution in [0.5, 0.6) is 11.5 Å². The minimum Gasteiger partial charge on any atom is -0.493 e. The fourth-order valence-electron chi connectivity index (χ4n) is 3.10. The van der Waals surface area contributed by atoms with Crippen molar-refractivity contribution < 1.29 is 19.0 Å². The summed E-state index contributed by atoms with van der Waals surface area (Å²) in [5, 5.41) is 9.71. The number of pyridine rings is 2. The number of benzene rings is 1. The number of hydrogen-bond donors (Lipinski definition) is 0. The molecule has 7 nitrogen and oxygen atoms in total. The third-order valence-electron chi connectivity index (χ3n) is 4.31. The van der Waals surface area contributed by atoms with E-state index < -0.39 is 11.5 Å². The zero-order valence-electron chi connectivity index (χ0n) is 15.7. The quantitative estimate of drug-likeness (QED) is 0.634. The molecule has 0 aliphatic carbocycles. The molecule has 7 heteroatoms. The van der Waals surface area contributed by atoms with Crippen LogP contribution in [-0.4, -0.2) is 31.2 Å². The topological polar surface area (TPSA) is 90.0 Å².